The lowest BCUT2D eigenvalue weighted by Gasteiger charge is -2.22. The molecule has 0 aromatic carbocycles. The highest BCUT2D eigenvalue weighted by Gasteiger charge is 2.35. The summed E-state index contributed by atoms with van der Waals surface area (Å²) in [5.74, 6) is 2.38. The molecule has 1 atom stereocenters. The van der Waals surface area contributed by atoms with Crippen molar-refractivity contribution in [1.29, 1.82) is 0 Å². The summed E-state index contributed by atoms with van der Waals surface area (Å²) in [7, 11) is 0. The summed E-state index contributed by atoms with van der Waals surface area (Å²) in [6.07, 6.45) is 3.38. The number of nitrogens with zero attached hydrogens (tertiary/aromatic N) is 2. The first-order valence-electron chi connectivity index (χ1n) is 7.66. The molecule has 0 amide bonds. The van der Waals surface area contributed by atoms with Crippen molar-refractivity contribution >= 4 is 5.82 Å². The molecule has 5 nitrogen and oxygen atoms in total. The number of anilines is 1. The minimum atomic E-state index is 0.0607. The molecule has 3 rings (SSSR count). The van der Waals surface area contributed by atoms with E-state index in [0.717, 1.165) is 42.5 Å². The Bertz CT molecular complexity index is 474. The lowest BCUT2D eigenvalue weighted by Crippen LogP contribution is -2.20. The molecular formula is C15H23N3O2. The number of hydrogen-bond donors (Lipinski definition) is 1. The fourth-order valence-corrected chi connectivity index (χ4v) is 2.69. The van der Waals surface area contributed by atoms with E-state index in [1.807, 2.05) is 6.92 Å². The summed E-state index contributed by atoms with van der Waals surface area (Å²) >= 11 is 0. The number of aromatic nitrogens is 2. The van der Waals surface area contributed by atoms with Crippen molar-refractivity contribution in [3.63, 3.8) is 0 Å². The molecular weight excluding hydrogens is 254 g/mol. The monoisotopic (exact) mass is 277 g/mol. The van der Waals surface area contributed by atoms with Gasteiger partial charge in [-0.3, -0.25) is 0 Å². The van der Waals surface area contributed by atoms with Crippen LogP contribution in [0.25, 0.3) is 0 Å². The Morgan fingerprint density at radius 3 is 2.90 bits per heavy atom. The van der Waals surface area contributed by atoms with Gasteiger partial charge in [0.2, 0.25) is 0 Å². The molecule has 2 aliphatic rings. The molecule has 1 aromatic rings. The summed E-state index contributed by atoms with van der Waals surface area (Å²) in [6.45, 7) is 7.04. The van der Waals surface area contributed by atoms with Crippen LogP contribution in [-0.4, -0.2) is 29.7 Å². The molecule has 1 aromatic heterocycles. The maximum Gasteiger partial charge on any atom is 0.160 e. The smallest absolute Gasteiger partial charge is 0.160 e. The standard InChI is InChI=1S/C15H23N3O2/c1-3-16-14-11-9-19-8-7-12(11)17-15(18-14)13(20-4-2)10-5-6-10/h10,13H,3-9H2,1-2H3,(H,16,17,18). The zero-order chi connectivity index (χ0) is 13.9. The fourth-order valence-electron chi connectivity index (χ4n) is 2.69. The van der Waals surface area contributed by atoms with Crippen LogP contribution in [0.3, 0.4) is 0 Å². The van der Waals surface area contributed by atoms with E-state index in [-0.39, 0.29) is 6.10 Å². The molecule has 1 fully saturated rings. The van der Waals surface area contributed by atoms with E-state index in [2.05, 4.69) is 12.2 Å². The van der Waals surface area contributed by atoms with Crippen LogP contribution in [0.1, 0.15) is 49.9 Å². The molecule has 20 heavy (non-hydrogen) atoms. The van der Waals surface area contributed by atoms with E-state index in [1.54, 1.807) is 0 Å². The van der Waals surface area contributed by atoms with Crippen LogP contribution in [-0.2, 0) is 22.5 Å². The van der Waals surface area contributed by atoms with Gasteiger partial charge in [-0.25, -0.2) is 9.97 Å². The minimum absolute atomic E-state index is 0.0607. The zero-order valence-corrected chi connectivity index (χ0v) is 12.3. The van der Waals surface area contributed by atoms with E-state index >= 15 is 0 Å². The predicted molar refractivity (Wildman–Crippen MR) is 76.6 cm³/mol. The van der Waals surface area contributed by atoms with Gasteiger partial charge in [-0.05, 0) is 32.6 Å². The number of rotatable bonds is 6. The predicted octanol–water partition coefficient (Wildman–Crippen LogP) is 2.47. The van der Waals surface area contributed by atoms with E-state index in [0.29, 0.717) is 19.1 Å². The second-order valence-electron chi connectivity index (χ2n) is 5.40. The van der Waals surface area contributed by atoms with Crippen molar-refractivity contribution < 1.29 is 9.47 Å². The number of hydrogen-bond acceptors (Lipinski definition) is 5. The molecule has 2 heterocycles. The lowest BCUT2D eigenvalue weighted by atomic mass is 10.1. The Balaban J connectivity index is 1.95. The second kappa shape index (κ2) is 6.06. The molecule has 5 heteroatoms. The van der Waals surface area contributed by atoms with Crippen LogP contribution in [0, 0.1) is 5.92 Å². The van der Waals surface area contributed by atoms with Crippen molar-refractivity contribution in [1.82, 2.24) is 9.97 Å². The van der Waals surface area contributed by atoms with Gasteiger partial charge in [-0.1, -0.05) is 0 Å². The lowest BCUT2D eigenvalue weighted by molar-refractivity contribution is 0.0393. The minimum Gasteiger partial charge on any atom is -0.376 e. The van der Waals surface area contributed by atoms with Gasteiger partial charge in [-0.15, -0.1) is 0 Å². The highest BCUT2D eigenvalue weighted by atomic mass is 16.5. The summed E-state index contributed by atoms with van der Waals surface area (Å²) in [4.78, 5) is 9.51. The van der Waals surface area contributed by atoms with E-state index < -0.39 is 0 Å². The molecule has 110 valence electrons. The molecule has 1 saturated carbocycles. The molecule has 1 unspecified atom stereocenters. The van der Waals surface area contributed by atoms with Crippen molar-refractivity contribution in [2.24, 2.45) is 5.92 Å². The Kier molecular flexibility index (Phi) is 4.17. The average molecular weight is 277 g/mol. The van der Waals surface area contributed by atoms with Crippen molar-refractivity contribution in [2.45, 2.75) is 45.8 Å². The number of ether oxygens (including phenoxy) is 2. The second-order valence-corrected chi connectivity index (χ2v) is 5.40. The first-order valence-corrected chi connectivity index (χ1v) is 7.66. The number of fused-ring (bicyclic) bond motifs is 1. The SMILES string of the molecule is CCNc1nc(C(OCC)C2CC2)nc2c1COCC2. The van der Waals surface area contributed by atoms with E-state index in [1.165, 1.54) is 12.8 Å². The summed E-state index contributed by atoms with van der Waals surface area (Å²) < 4.78 is 11.4. The number of nitrogens with one attached hydrogen (secondary N) is 1. The van der Waals surface area contributed by atoms with Gasteiger partial charge in [-0.2, -0.15) is 0 Å². The zero-order valence-electron chi connectivity index (χ0n) is 12.3. The van der Waals surface area contributed by atoms with Gasteiger partial charge in [0.15, 0.2) is 5.82 Å². The summed E-state index contributed by atoms with van der Waals surface area (Å²) in [6, 6.07) is 0. The summed E-state index contributed by atoms with van der Waals surface area (Å²) in [5.41, 5.74) is 2.25. The third kappa shape index (κ3) is 2.79. The van der Waals surface area contributed by atoms with Crippen molar-refractivity contribution in [3.05, 3.63) is 17.1 Å². The topological polar surface area (TPSA) is 56.3 Å². The normalized spacial score (nSPS) is 19.5. The Morgan fingerprint density at radius 2 is 2.20 bits per heavy atom. The van der Waals surface area contributed by atoms with E-state index in [9.17, 15) is 0 Å². The van der Waals surface area contributed by atoms with E-state index in [4.69, 9.17) is 19.4 Å². The quantitative estimate of drug-likeness (QED) is 0.865. The molecule has 1 aliphatic heterocycles. The molecule has 1 aliphatic carbocycles. The molecule has 0 spiro atoms. The van der Waals surface area contributed by atoms with Gasteiger partial charge < -0.3 is 14.8 Å². The van der Waals surface area contributed by atoms with Crippen molar-refractivity contribution in [2.75, 3.05) is 25.1 Å². The van der Waals surface area contributed by atoms with Gasteiger partial charge in [0.25, 0.3) is 0 Å². The van der Waals surface area contributed by atoms with Gasteiger partial charge >= 0.3 is 0 Å². The first kappa shape index (κ1) is 13.8. The Hall–Kier alpha value is -1.20. The Labute approximate surface area is 120 Å². The van der Waals surface area contributed by atoms with Crippen LogP contribution in [0.4, 0.5) is 5.82 Å². The van der Waals surface area contributed by atoms with Crippen LogP contribution in [0.15, 0.2) is 0 Å². The highest BCUT2D eigenvalue weighted by molar-refractivity contribution is 5.47. The first-order chi connectivity index (χ1) is 9.83. The third-order valence-corrected chi connectivity index (χ3v) is 3.83. The highest BCUT2D eigenvalue weighted by Crippen LogP contribution is 2.42. The average Bonchev–Trinajstić information content (AvgIpc) is 3.29. The van der Waals surface area contributed by atoms with Crippen LogP contribution in [0.2, 0.25) is 0 Å². The Morgan fingerprint density at radius 1 is 1.35 bits per heavy atom. The molecule has 0 saturated heterocycles. The maximum absolute atomic E-state index is 5.89. The molecule has 1 N–H and O–H groups in total. The largest absolute Gasteiger partial charge is 0.376 e. The van der Waals surface area contributed by atoms with Crippen LogP contribution < -0.4 is 5.32 Å². The maximum atomic E-state index is 5.89. The van der Waals surface area contributed by atoms with Gasteiger partial charge in [0.1, 0.15) is 11.9 Å². The fraction of sp³-hybridized carbons (Fsp3) is 0.733. The molecule has 0 radical (unpaired) electrons. The van der Waals surface area contributed by atoms with Crippen molar-refractivity contribution in [3.8, 4) is 0 Å². The van der Waals surface area contributed by atoms with Gasteiger partial charge in [0.05, 0.1) is 18.9 Å². The van der Waals surface area contributed by atoms with Crippen LogP contribution >= 0.6 is 0 Å². The van der Waals surface area contributed by atoms with Gasteiger partial charge in [0, 0.05) is 25.1 Å². The summed E-state index contributed by atoms with van der Waals surface area (Å²) in [5, 5.41) is 3.35. The van der Waals surface area contributed by atoms with Crippen LogP contribution in [0.5, 0.6) is 0 Å². The third-order valence-electron chi connectivity index (χ3n) is 3.83. The molecule has 0 bridgehead atoms.